The van der Waals surface area contributed by atoms with Crippen LogP contribution in [0.2, 0.25) is 0 Å². The second kappa shape index (κ2) is 3.13. The normalized spacial score (nSPS) is 14.3. The molecule has 1 heterocycles. The molecule has 1 heteroatoms. The summed E-state index contributed by atoms with van der Waals surface area (Å²) in [6.45, 7) is 2.82. The minimum absolute atomic E-state index is 0.687. The quantitative estimate of drug-likeness (QED) is 0.625. The Morgan fingerprint density at radius 3 is 2.87 bits per heavy atom. The molecule has 0 fully saturated rings. The van der Waals surface area contributed by atoms with E-state index in [2.05, 4.69) is 49.4 Å². The monoisotopic (exact) mass is 196 g/mol. The summed E-state index contributed by atoms with van der Waals surface area (Å²) in [6, 6.07) is 12.6. The zero-order valence-electron chi connectivity index (χ0n) is 8.66. The van der Waals surface area contributed by atoms with E-state index < -0.39 is 0 Å². The number of ether oxygens (including phenoxy) is 1. The van der Waals surface area contributed by atoms with Crippen molar-refractivity contribution in [2.45, 2.75) is 6.92 Å². The van der Waals surface area contributed by atoms with E-state index in [1.54, 1.807) is 0 Å². The molecular weight excluding hydrogens is 184 g/mol. The summed E-state index contributed by atoms with van der Waals surface area (Å²) in [5, 5.41) is 2.45. The number of allylic oxidation sites excluding steroid dienone is 1. The summed E-state index contributed by atoms with van der Waals surface area (Å²) < 4.78 is 5.73. The van der Waals surface area contributed by atoms with Gasteiger partial charge in [-0.25, -0.2) is 0 Å². The molecule has 0 bridgehead atoms. The maximum absolute atomic E-state index is 5.73. The van der Waals surface area contributed by atoms with Gasteiger partial charge in [-0.05, 0) is 24.0 Å². The molecule has 0 saturated carbocycles. The Bertz CT molecular complexity index is 552. The van der Waals surface area contributed by atoms with E-state index in [1.165, 1.54) is 21.9 Å². The van der Waals surface area contributed by atoms with Gasteiger partial charge in [-0.3, -0.25) is 0 Å². The van der Waals surface area contributed by atoms with E-state index in [0.29, 0.717) is 6.61 Å². The molecule has 2 aromatic rings. The standard InChI is InChI=1S/C14H12O/c1-10-8-9-15-14-12(10)7-6-11-4-2-3-5-13(11)14/h2-8H,9H2,1H3. The highest BCUT2D eigenvalue weighted by atomic mass is 16.5. The highest BCUT2D eigenvalue weighted by Gasteiger charge is 2.13. The summed E-state index contributed by atoms with van der Waals surface area (Å²) >= 11 is 0. The number of hydrogen-bond acceptors (Lipinski definition) is 1. The number of rotatable bonds is 0. The van der Waals surface area contributed by atoms with Crippen molar-refractivity contribution in [2.75, 3.05) is 6.61 Å². The van der Waals surface area contributed by atoms with Gasteiger partial charge in [-0.15, -0.1) is 0 Å². The summed E-state index contributed by atoms with van der Waals surface area (Å²) in [6.07, 6.45) is 2.12. The lowest BCUT2D eigenvalue weighted by Gasteiger charge is -2.18. The first-order chi connectivity index (χ1) is 7.36. The van der Waals surface area contributed by atoms with Crippen LogP contribution in [0.3, 0.4) is 0 Å². The van der Waals surface area contributed by atoms with Crippen LogP contribution in [0.5, 0.6) is 5.75 Å². The van der Waals surface area contributed by atoms with Crippen LogP contribution >= 0.6 is 0 Å². The largest absolute Gasteiger partial charge is 0.488 e. The lowest BCUT2D eigenvalue weighted by atomic mass is 9.99. The van der Waals surface area contributed by atoms with Crippen LogP contribution in [0.1, 0.15) is 12.5 Å². The van der Waals surface area contributed by atoms with Crippen LogP contribution in [0.15, 0.2) is 42.5 Å². The smallest absolute Gasteiger partial charge is 0.135 e. The lowest BCUT2D eigenvalue weighted by Crippen LogP contribution is -2.03. The molecule has 0 radical (unpaired) electrons. The maximum Gasteiger partial charge on any atom is 0.135 e. The minimum Gasteiger partial charge on any atom is -0.488 e. The van der Waals surface area contributed by atoms with Gasteiger partial charge in [-0.1, -0.05) is 36.4 Å². The van der Waals surface area contributed by atoms with E-state index in [9.17, 15) is 0 Å². The van der Waals surface area contributed by atoms with Crippen molar-refractivity contribution < 1.29 is 4.74 Å². The molecule has 0 saturated heterocycles. The third-order valence-electron chi connectivity index (χ3n) is 2.92. The van der Waals surface area contributed by atoms with E-state index in [1.807, 2.05) is 0 Å². The molecule has 2 aromatic carbocycles. The van der Waals surface area contributed by atoms with Crippen LogP contribution in [0.4, 0.5) is 0 Å². The topological polar surface area (TPSA) is 9.23 Å². The van der Waals surface area contributed by atoms with Gasteiger partial charge in [0, 0.05) is 10.9 Å². The van der Waals surface area contributed by atoms with Crippen molar-refractivity contribution >= 4 is 16.3 Å². The first-order valence-corrected chi connectivity index (χ1v) is 5.18. The van der Waals surface area contributed by atoms with Crippen LogP contribution < -0.4 is 4.74 Å². The van der Waals surface area contributed by atoms with E-state index in [-0.39, 0.29) is 0 Å². The summed E-state index contributed by atoms with van der Waals surface area (Å²) in [5.41, 5.74) is 2.53. The first-order valence-electron chi connectivity index (χ1n) is 5.18. The summed E-state index contributed by atoms with van der Waals surface area (Å²) in [5.74, 6) is 1.04. The predicted octanol–water partition coefficient (Wildman–Crippen LogP) is 3.64. The van der Waals surface area contributed by atoms with Gasteiger partial charge >= 0.3 is 0 Å². The average Bonchev–Trinajstić information content (AvgIpc) is 2.29. The second-order valence-electron chi connectivity index (χ2n) is 3.86. The van der Waals surface area contributed by atoms with Gasteiger partial charge in [0.2, 0.25) is 0 Å². The Morgan fingerprint density at radius 2 is 1.93 bits per heavy atom. The van der Waals surface area contributed by atoms with Crippen LogP contribution in [-0.2, 0) is 0 Å². The third-order valence-corrected chi connectivity index (χ3v) is 2.92. The lowest BCUT2D eigenvalue weighted by molar-refractivity contribution is 0.361. The molecule has 0 aliphatic carbocycles. The van der Waals surface area contributed by atoms with Crippen LogP contribution in [0, 0.1) is 0 Å². The van der Waals surface area contributed by atoms with Crippen molar-refractivity contribution in [3.8, 4) is 5.75 Å². The van der Waals surface area contributed by atoms with E-state index in [4.69, 9.17) is 4.74 Å². The molecule has 1 nitrogen and oxygen atoms in total. The van der Waals surface area contributed by atoms with Gasteiger partial charge < -0.3 is 4.74 Å². The fourth-order valence-corrected chi connectivity index (χ4v) is 2.07. The van der Waals surface area contributed by atoms with Gasteiger partial charge in [-0.2, -0.15) is 0 Å². The minimum atomic E-state index is 0.687. The predicted molar refractivity (Wildman–Crippen MR) is 63.1 cm³/mol. The van der Waals surface area contributed by atoms with Crippen molar-refractivity contribution in [1.29, 1.82) is 0 Å². The molecular formula is C14H12O. The highest BCUT2D eigenvalue weighted by Crippen LogP contribution is 2.36. The number of benzene rings is 2. The fourth-order valence-electron chi connectivity index (χ4n) is 2.07. The zero-order valence-corrected chi connectivity index (χ0v) is 8.66. The molecule has 1 aliphatic heterocycles. The number of fused-ring (bicyclic) bond motifs is 3. The Morgan fingerprint density at radius 1 is 1.07 bits per heavy atom. The molecule has 0 N–H and O–H groups in total. The fraction of sp³-hybridized carbons (Fsp3) is 0.143. The molecule has 0 spiro atoms. The maximum atomic E-state index is 5.73. The van der Waals surface area contributed by atoms with E-state index >= 15 is 0 Å². The molecule has 0 unspecified atom stereocenters. The molecule has 74 valence electrons. The Hall–Kier alpha value is -1.76. The van der Waals surface area contributed by atoms with Gasteiger partial charge in [0.1, 0.15) is 12.4 Å². The second-order valence-corrected chi connectivity index (χ2v) is 3.86. The average molecular weight is 196 g/mol. The number of hydrogen-bond donors (Lipinski definition) is 0. The molecule has 0 amide bonds. The van der Waals surface area contributed by atoms with Gasteiger partial charge in [0.25, 0.3) is 0 Å². The van der Waals surface area contributed by atoms with E-state index in [0.717, 1.165) is 5.75 Å². The zero-order chi connectivity index (χ0) is 10.3. The van der Waals surface area contributed by atoms with Crippen molar-refractivity contribution in [1.82, 2.24) is 0 Å². The van der Waals surface area contributed by atoms with Gasteiger partial charge in [0.15, 0.2) is 0 Å². The summed E-state index contributed by atoms with van der Waals surface area (Å²) in [4.78, 5) is 0. The Balaban J connectivity index is 2.39. The first kappa shape index (κ1) is 8.54. The van der Waals surface area contributed by atoms with Gasteiger partial charge in [0.05, 0.1) is 0 Å². The SMILES string of the molecule is CC1=CCOc2c1ccc1ccccc21. The van der Waals surface area contributed by atoms with Crippen molar-refractivity contribution in [2.24, 2.45) is 0 Å². The van der Waals surface area contributed by atoms with Crippen LogP contribution in [-0.4, -0.2) is 6.61 Å². The Kier molecular flexibility index (Phi) is 1.78. The summed E-state index contributed by atoms with van der Waals surface area (Å²) in [7, 11) is 0. The highest BCUT2D eigenvalue weighted by molar-refractivity contribution is 5.93. The van der Waals surface area contributed by atoms with Crippen molar-refractivity contribution in [3.05, 3.63) is 48.0 Å². The molecule has 1 aliphatic rings. The van der Waals surface area contributed by atoms with Crippen LogP contribution in [0.25, 0.3) is 16.3 Å². The molecule has 3 rings (SSSR count). The third kappa shape index (κ3) is 1.23. The Labute approximate surface area is 89.0 Å². The molecule has 0 aromatic heterocycles. The molecule has 15 heavy (non-hydrogen) atoms. The van der Waals surface area contributed by atoms with Crippen molar-refractivity contribution in [3.63, 3.8) is 0 Å². The molecule has 0 atom stereocenters.